The smallest absolute Gasteiger partial charge is 0.273 e. The Balaban J connectivity index is 1.36. The van der Waals surface area contributed by atoms with Crippen molar-refractivity contribution in [2.24, 2.45) is 5.10 Å². The van der Waals surface area contributed by atoms with Crippen LogP contribution in [0.5, 0.6) is 0 Å². The van der Waals surface area contributed by atoms with Crippen molar-refractivity contribution in [3.8, 4) is 0 Å². The number of nitrogens with one attached hydrogen (secondary N) is 2. The first kappa shape index (κ1) is 27.7. The van der Waals surface area contributed by atoms with E-state index in [-0.39, 0.29) is 12.5 Å². The number of carbonyl (C=O) groups is 2. The zero-order valence-electron chi connectivity index (χ0n) is 21.4. The van der Waals surface area contributed by atoms with E-state index in [0.29, 0.717) is 21.3 Å². The molecule has 3 N–H and O–H groups in total. The fourth-order valence-corrected chi connectivity index (χ4v) is 4.58. The predicted molar refractivity (Wildman–Crippen MR) is 154 cm³/mol. The molecule has 0 radical (unpaired) electrons. The highest BCUT2D eigenvalue weighted by atomic mass is 79.9. The maximum atomic E-state index is 13.0. The van der Waals surface area contributed by atoms with Crippen molar-refractivity contribution in [3.05, 3.63) is 99.0 Å². The molecular weight excluding hydrogens is 546 g/mol. The average Bonchev–Trinajstić information content (AvgIpc) is 2.92. The second kappa shape index (κ2) is 13.4. The first-order chi connectivity index (χ1) is 18.4. The van der Waals surface area contributed by atoms with E-state index < -0.39 is 5.91 Å². The van der Waals surface area contributed by atoms with Crippen LogP contribution in [0.15, 0.2) is 76.3 Å². The highest BCUT2D eigenvalue weighted by molar-refractivity contribution is 9.10. The summed E-state index contributed by atoms with van der Waals surface area (Å²) in [4.78, 5) is 30.5. The van der Waals surface area contributed by atoms with Gasteiger partial charge in [-0.15, -0.1) is 0 Å². The molecule has 8 nitrogen and oxygen atoms in total. The van der Waals surface area contributed by atoms with Crippen LogP contribution in [-0.2, 0) is 6.54 Å². The number of aliphatic hydroxyl groups is 1. The van der Waals surface area contributed by atoms with Crippen molar-refractivity contribution in [2.75, 3.05) is 44.6 Å². The van der Waals surface area contributed by atoms with Gasteiger partial charge in [0.05, 0.1) is 24.1 Å². The number of benzene rings is 3. The number of carbonyl (C=O) groups excluding carboxylic acids is 2. The highest BCUT2D eigenvalue weighted by Crippen LogP contribution is 2.22. The fraction of sp³-hybridized carbons (Fsp3) is 0.276. The molecule has 38 heavy (non-hydrogen) atoms. The number of halogens is 1. The third-order valence-electron chi connectivity index (χ3n) is 6.43. The Bertz CT molecular complexity index is 1270. The van der Waals surface area contributed by atoms with Gasteiger partial charge in [0.15, 0.2) is 0 Å². The second-order valence-corrected chi connectivity index (χ2v) is 10.2. The van der Waals surface area contributed by atoms with Gasteiger partial charge in [0, 0.05) is 49.3 Å². The summed E-state index contributed by atoms with van der Waals surface area (Å²) in [7, 11) is 0. The van der Waals surface area contributed by atoms with Gasteiger partial charge < -0.3 is 10.4 Å². The molecular formula is C29H32BrN5O3. The lowest BCUT2D eigenvalue weighted by Gasteiger charge is -2.34. The molecule has 9 heteroatoms. The van der Waals surface area contributed by atoms with Crippen molar-refractivity contribution in [2.45, 2.75) is 13.5 Å². The minimum atomic E-state index is -0.431. The normalized spacial score (nSPS) is 14.5. The van der Waals surface area contributed by atoms with Crippen LogP contribution in [0.25, 0.3) is 0 Å². The number of anilines is 1. The summed E-state index contributed by atoms with van der Waals surface area (Å²) in [5, 5.41) is 16.0. The van der Waals surface area contributed by atoms with Crippen LogP contribution in [0.2, 0.25) is 0 Å². The summed E-state index contributed by atoms with van der Waals surface area (Å²) in [5.74, 6) is -0.729. The molecule has 0 spiro atoms. The zero-order chi connectivity index (χ0) is 26.9. The summed E-state index contributed by atoms with van der Waals surface area (Å²) in [5.41, 5.74) is 6.88. The van der Waals surface area contributed by atoms with Gasteiger partial charge in [-0.2, -0.15) is 5.10 Å². The lowest BCUT2D eigenvalue weighted by molar-refractivity contribution is 0.0956. The van der Waals surface area contributed by atoms with Crippen LogP contribution >= 0.6 is 15.9 Å². The Labute approximate surface area is 231 Å². The van der Waals surface area contributed by atoms with Crippen molar-refractivity contribution >= 4 is 39.6 Å². The molecule has 198 valence electrons. The molecule has 4 rings (SSSR count). The summed E-state index contributed by atoms with van der Waals surface area (Å²) in [6.45, 7) is 7.53. The molecule has 1 aliphatic heterocycles. The molecule has 0 atom stereocenters. The number of aliphatic hydroxyl groups excluding tert-OH is 1. The number of piperazine rings is 1. The molecule has 1 aliphatic rings. The number of β-amino-alcohol motifs (C(OH)–C–C–N with tert-alkyl or cyclic N) is 1. The summed E-state index contributed by atoms with van der Waals surface area (Å²) < 4.78 is 0.713. The SMILES string of the molecule is Cc1ccc(C=NNC(=O)c2cc(Br)ccc2NC(=O)c2ccc(CN3CCN(CCO)CC3)cc2)cc1. The van der Waals surface area contributed by atoms with Crippen molar-refractivity contribution in [1.82, 2.24) is 15.2 Å². The van der Waals surface area contributed by atoms with Crippen LogP contribution in [0.3, 0.4) is 0 Å². The summed E-state index contributed by atoms with van der Waals surface area (Å²) in [6, 6.07) is 20.4. The van der Waals surface area contributed by atoms with Crippen LogP contribution in [0.4, 0.5) is 5.69 Å². The molecule has 0 aliphatic carbocycles. The highest BCUT2D eigenvalue weighted by Gasteiger charge is 2.17. The summed E-state index contributed by atoms with van der Waals surface area (Å²) in [6.07, 6.45) is 1.57. The Hall–Kier alpha value is -3.37. The topological polar surface area (TPSA) is 97.3 Å². The van der Waals surface area contributed by atoms with Gasteiger partial charge >= 0.3 is 0 Å². The lowest BCUT2D eigenvalue weighted by atomic mass is 10.1. The van der Waals surface area contributed by atoms with Crippen molar-refractivity contribution < 1.29 is 14.7 Å². The maximum Gasteiger partial charge on any atom is 0.273 e. The van der Waals surface area contributed by atoms with E-state index in [1.165, 1.54) is 0 Å². The maximum absolute atomic E-state index is 13.0. The van der Waals surface area contributed by atoms with Gasteiger partial charge in [0.25, 0.3) is 11.8 Å². The summed E-state index contributed by atoms with van der Waals surface area (Å²) >= 11 is 3.40. The number of aryl methyl sites for hydroxylation is 1. The molecule has 0 bridgehead atoms. The minimum absolute atomic E-state index is 0.192. The first-order valence-corrected chi connectivity index (χ1v) is 13.4. The Kier molecular flexibility index (Phi) is 9.78. The first-order valence-electron chi connectivity index (χ1n) is 12.6. The van der Waals surface area contributed by atoms with E-state index in [1.54, 1.807) is 36.5 Å². The zero-order valence-corrected chi connectivity index (χ0v) is 22.9. The molecule has 2 amide bonds. The molecule has 3 aromatic carbocycles. The average molecular weight is 579 g/mol. The number of nitrogens with zero attached hydrogens (tertiary/aromatic N) is 3. The molecule has 3 aromatic rings. The van der Waals surface area contributed by atoms with E-state index in [9.17, 15) is 9.59 Å². The molecule has 0 unspecified atom stereocenters. The fourth-order valence-electron chi connectivity index (χ4n) is 4.22. The Morgan fingerprint density at radius 3 is 2.32 bits per heavy atom. The number of rotatable bonds is 9. The molecule has 0 saturated carbocycles. The van der Waals surface area contributed by atoms with E-state index >= 15 is 0 Å². The Morgan fingerprint density at radius 1 is 0.947 bits per heavy atom. The van der Waals surface area contributed by atoms with Crippen LogP contribution < -0.4 is 10.7 Å². The second-order valence-electron chi connectivity index (χ2n) is 9.29. The van der Waals surface area contributed by atoms with Gasteiger partial charge in [-0.25, -0.2) is 5.43 Å². The van der Waals surface area contributed by atoms with Crippen LogP contribution in [0.1, 0.15) is 37.4 Å². The van der Waals surface area contributed by atoms with E-state index in [1.807, 2.05) is 43.3 Å². The molecule has 1 saturated heterocycles. The van der Waals surface area contributed by atoms with Crippen molar-refractivity contribution in [1.29, 1.82) is 0 Å². The number of hydrazone groups is 1. The monoisotopic (exact) mass is 577 g/mol. The number of amides is 2. The standard InChI is InChI=1S/C29H32BrN5O3/c1-21-2-4-22(5-3-21)19-31-33-29(38)26-18-25(30)10-11-27(26)32-28(37)24-8-6-23(7-9-24)20-35-14-12-34(13-15-35)16-17-36/h2-11,18-19,36H,12-17,20H2,1H3,(H,32,37)(H,33,38). The number of hydrogen-bond acceptors (Lipinski definition) is 6. The van der Waals surface area contributed by atoms with Crippen LogP contribution in [-0.4, -0.2) is 72.3 Å². The lowest BCUT2D eigenvalue weighted by Crippen LogP contribution is -2.46. The van der Waals surface area contributed by atoms with Gasteiger partial charge in [0.2, 0.25) is 0 Å². The molecule has 1 fully saturated rings. The predicted octanol–water partition coefficient (Wildman–Crippen LogP) is 3.88. The van der Waals surface area contributed by atoms with Gasteiger partial charge in [-0.05, 0) is 48.4 Å². The van der Waals surface area contributed by atoms with Crippen LogP contribution in [0, 0.1) is 6.92 Å². The third kappa shape index (κ3) is 7.82. The Morgan fingerprint density at radius 2 is 1.63 bits per heavy atom. The minimum Gasteiger partial charge on any atom is -0.395 e. The third-order valence-corrected chi connectivity index (χ3v) is 6.93. The van der Waals surface area contributed by atoms with Crippen molar-refractivity contribution in [3.63, 3.8) is 0 Å². The van der Waals surface area contributed by atoms with Gasteiger partial charge in [-0.3, -0.25) is 19.4 Å². The largest absolute Gasteiger partial charge is 0.395 e. The van der Waals surface area contributed by atoms with Gasteiger partial charge in [0.1, 0.15) is 0 Å². The number of hydrogen-bond donors (Lipinski definition) is 3. The molecule has 1 heterocycles. The van der Waals surface area contributed by atoms with E-state index in [4.69, 9.17) is 5.11 Å². The van der Waals surface area contributed by atoms with E-state index in [2.05, 4.69) is 41.6 Å². The molecule has 0 aromatic heterocycles. The van der Waals surface area contributed by atoms with Gasteiger partial charge in [-0.1, -0.05) is 57.9 Å². The van der Waals surface area contributed by atoms with E-state index in [0.717, 1.165) is 56.0 Å². The quantitative estimate of drug-likeness (QED) is 0.265.